The van der Waals surface area contributed by atoms with Crippen LogP contribution in [-0.2, 0) is 4.79 Å². The van der Waals surface area contributed by atoms with Gasteiger partial charge < -0.3 is 11.1 Å². The highest BCUT2D eigenvalue weighted by atomic mass is 35.5. The molecule has 9 heteroatoms. The summed E-state index contributed by atoms with van der Waals surface area (Å²) in [6.07, 6.45) is 1.32. The van der Waals surface area contributed by atoms with E-state index < -0.39 is 5.92 Å². The van der Waals surface area contributed by atoms with Gasteiger partial charge in [0.2, 0.25) is 5.91 Å². The van der Waals surface area contributed by atoms with Crippen molar-refractivity contribution in [3.05, 3.63) is 106 Å². The van der Waals surface area contributed by atoms with Crippen LogP contribution in [0.25, 0.3) is 0 Å². The highest BCUT2D eigenvalue weighted by Crippen LogP contribution is 2.31. The summed E-state index contributed by atoms with van der Waals surface area (Å²) in [4.78, 5) is 21.5. The summed E-state index contributed by atoms with van der Waals surface area (Å²) in [7, 11) is 0. The second-order valence-corrected chi connectivity index (χ2v) is 7.95. The Balaban J connectivity index is 1.53. The standard InChI is InChI=1S/C24H20Cl2N6O/c25-17-11-12-19(18(26)13-17)30-22-21(27)23(29-14-28-22)31-32-24(33)20(15-7-3-1-4-8-15)16-9-5-2-6-10-16/h1-14,20H,27H2,(H,32,33)(H2,28,29,30,31). The number of nitrogens with two attached hydrogens (primary N) is 1. The maximum Gasteiger partial charge on any atom is 0.250 e. The maximum absolute atomic E-state index is 13.2. The highest BCUT2D eigenvalue weighted by Gasteiger charge is 2.23. The number of nitrogens with one attached hydrogen (secondary N) is 3. The van der Waals surface area contributed by atoms with Gasteiger partial charge in [-0.05, 0) is 29.3 Å². The Kier molecular flexibility index (Phi) is 6.92. The van der Waals surface area contributed by atoms with E-state index in [0.29, 0.717) is 21.6 Å². The third kappa shape index (κ3) is 5.34. The lowest BCUT2D eigenvalue weighted by molar-refractivity contribution is -0.121. The number of aromatic nitrogens is 2. The topological polar surface area (TPSA) is 105 Å². The molecule has 0 bridgehead atoms. The molecule has 4 aromatic rings. The summed E-state index contributed by atoms with van der Waals surface area (Å²) in [5.41, 5.74) is 14.3. The van der Waals surface area contributed by atoms with Gasteiger partial charge in [0.05, 0.1) is 16.6 Å². The molecule has 7 nitrogen and oxygen atoms in total. The van der Waals surface area contributed by atoms with Crippen LogP contribution >= 0.6 is 23.2 Å². The zero-order valence-corrected chi connectivity index (χ0v) is 18.8. The number of hydrazine groups is 1. The minimum atomic E-state index is -0.520. The molecule has 5 N–H and O–H groups in total. The zero-order valence-electron chi connectivity index (χ0n) is 17.3. The molecule has 0 unspecified atom stereocenters. The van der Waals surface area contributed by atoms with E-state index in [1.807, 2.05) is 60.7 Å². The quantitative estimate of drug-likeness (QED) is 0.265. The van der Waals surface area contributed by atoms with Crippen molar-refractivity contribution in [2.75, 3.05) is 16.5 Å². The average Bonchev–Trinajstić information content (AvgIpc) is 2.83. The number of nitrogen functional groups attached to an aromatic ring is 1. The minimum Gasteiger partial charge on any atom is -0.393 e. The molecule has 0 fully saturated rings. The molecule has 0 aliphatic heterocycles. The predicted molar refractivity (Wildman–Crippen MR) is 133 cm³/mol. The second-order valence-electron chi connectivity index (χ2n) is 7.10. The number of benzene rings is 3. The summed E-state index contributed by atoms with van der Waals surface area (Å²) in [6.45, 7) is 0. The molecule has 166 valence electrons. The van der Waals surface area contributed by atoms with Crippen LogP contribution in [0.15, 0.2) is 85.2 Å². The molecule has 1 aromatic heterocycles. The molecule has 4 rings (SSSR count). The summed E-state index contributed by atoms with van der Waals surface area (Å²) < 4.78 is 0. The highest BCUT2D eigenvalue weighted by molar-refractivity contribution is 6.36. The van der Waals surface area contributed by atoms with Crippen molar-refractivity contribution >= 4 is 52.1 Å². The van der Waals surface area contributed by atoms with E-state index >= 15 is 0 Å². The van der Waals surface area contributed by atoms with Crippen molar-refractivity contribution in [1.82, 2.24) is 15.4 Å². The fraction of sp³-hybridized carbons (Fsp3) is 0.0417. The molecule has 3 aromatic carbocycles. The van der Waals surface area contributed by atoms with Crippen LogP contribution in [0.2, 0.25) is 10.0 Å². The molecule has 0 radical (unpaired) electrons. The van der Waals surface area contributed by atoms with Crippen LogP contribution in [0.5, 0.6) is 0 Å². The third-order valence-corrected chi connectivity index (χ3v) is 5.45. The van der Waals surface area contributed by atoms with Gasteiger partial charge in [0.15, 0.2) is 11.6 Å². The number of carbonyl (C=O) groups excluding carboxylic acids is 1. The predicted octanol–water partition coefficient (Wildman–Crippen LogP) is 5.38. The first-order valence-electron chi connectivity index (χ1n) is 10.0. The Hall–Kier alpha value is -3.81. The van der Waals surface area contributed by atoms with Gasteiger partial charge in [0, 0.05) is 5.02 Å². The number of anilines is 4. The number of hydrogen-bond acceptors (Lipinski definition) is 6. The lowest BCUT2D eigenvalue weighted by Gasteiger charge is -2.19. The van der Waals surface area contributed by atoms with Gasteiger partial charge in [-0.1, -0.05) is 83.9 Å². The maximum atomic E-state index is 13.2. The van der Waals surface area contributed by atoms with Gasteiger partial charge >= 0.3 is 0 Å². The number of carbonyl (C=O) groups is 1. The van der Waals surface area contributed by atoms with Crippen LogP contribution in [-0.4, -0.2) is 15.9 Å². The van der Waals surface area contributed by atoms with Gasteiger partial charge in [-0.3, -0.25) is 15.6 Å². The van der Waals surface area contributed by atoms with Crippen molar-refractivity contribution in [3.8, 4) is 0 Å². The first-order valence-corrected chi connectivity index (χ1v) is 10.8. The summed E-state index contributed by atoms with van der Waals surface area (Å²) >= 11 is 12.2. The molecular weight excluding hydrogens is 459 g/mol. The Labute approximate surface area is 200 Å². The fourth-order valence-electron chi connectivity index (χ4n) is 3.29. The minimum absolute atomic E-state index is 0.208. The monoisotopic (exact) mass is 478 g/mol. The Morgan fingerprint density at radius 2 is 1.45 bits per heavy atom. The molecule has 1 amide bonds. The summed E-state index contributed by atoms with van der Waals surface area (Å²) in [5.74, 6) is -0.214. The lowest BCUT2D eigenvalue weighted by atomic mass is 9.91. The van der Waals surface area contributed by atoms with Gasteiger partial charge in [-0.25, -0.2) is 9.97 Å². The SMILES string of the molecule is Nc1c(NNC(=O)C(c2ccccc2)c2ccccc2)ncnc1Nc1ccc(Cl)cc1Cl. The van der Waals surface area contributed by atoms with Crippen molar-refractivity contribution < 1.29 is 4.79 Å². The van der Waals surface area contributed by atoms with Gasteiger partial charge in [-0.2, -0.15) is 0 Å². The second kappa shape index (κ2) is 10.2. The largest absolute Gasteiger partial charge is 0.393 e. The summed E-state index contributed by atoms with van der Waals surface area (Å²) in [5, 5.41) is 3.98. The zero-order chi connectivity index (χ0) is 23.2. The fourth-order valence-corrected chi connectivity index (χ4v) is 3.75. The smallest absolute Gasteiger partial charge is 0.250 e. The Morgan fingerprint density at radius 1 is 0.848 bits per heavy atom. The lowest BCUT2D eigenvalue weighted by Crippen LogP contribution is -2.35. The van der Waals surface area contributed by atoms with Crippen LogP contribution in [0.1, 0.15) is 17.0 Å². The van der Waals surface area contributed by atoms with Crippen LogP contribution in [0.3, 0.4) is 0 Å². The Morgan fingerprint density at radius 3 is 2.06 bits per heavy atom. The molecule has 0 atom stereocenters. The van der Waals surface area contributed by atoms with Crippen molar-refractivity contribution in [1.29, 1.82) is 0 Å². The molecule has 0 aliphatic carbocycles. The molecule has 0 spiro atoms. The number of amides is 1. The summed E-state index contributed by atoms with van der Waals surface area (Å²) in [6, 6.07) is 24.1. The number of nitrogens with zero attached hydrogens (tertiary/aromatic N) is 2. The van der Waals surface area contributed by atoms with Crippen molar-refractivity contribution in [2.45, 2.75) is 5.92 Å². The molecule has 0 aliphatic rings. The molecule has 33 heavy (non-hydrogen) atoms. The normalized spacial score (nSPS) is 10.6. The van der Waals surface area contributed by atoms with Crippen molar-refractivity contribution in [3.63, 3.8) is 0 Å². The number of hydrogen-bond donors (Lipinski definition) is 4. The van der Waals surface area contributed by atoms with Gasteiger partial charge in [-0.15, -0.1) is 0 Å². The number of halogens is 2. The third-order valence-electron chi connectivity index (χ3n) is 4.90. The van der Waals surface area contributed by atoms with E-state index in [1.165, 1.54) is 6.33 Å². The van der Waals surface area contributed by atoms with Gasteiger partial charge in [0.25, 0.3) is 0 Å². The molecule has 0 saturated carbocycles. The average molecular weight is 479 g/mol. The molecular formula is C24H20Cl2N6O. The van der Waals surface area contributed by atoms with Crippen LogP contribution in [0.4, 0.5) is 23.0 Å². The molecule has 0 saturated heterocycles. The van der Waals surface area contributed by atoms with E-state index in [0.717, 1.165) is 11.1 Å². The first kappa shape index (κ1) is 22.4. The Bertz CT molecular complexity index is 1220. The number of rotatable bonds is 7. The van der Waals surface area contributed by atoms with Crippen LogP contribution in [0, 0.1) is 0 Å². The van der Waals surface area contributed by atoms with E-state index in [2.05, 4.69) is 26.1 Å². The van der Waals surface area contributed by atoms with E-state index in [1.54, 1.807) is 18.2 Å². The van der Waals surface area contributed by atoms with E-state index in [-0.39, 0.29) is 17.4 Å². The van der Waals surface area contributed by atoms with Crippen LogP contribution < -0.4 is 21.9 Å². The van der Waals surface area contributed by atoms with E-state index in [4.69, 9.17) is 28.9 Å². The van der Waals surface area contributed by atoms with E-state index in [9.17, 15) is 4.79 Å². The first-order chi connectivity index (χ1) is 16.0. The van der Waals surface area contributed by atoms with Crippen molar-refractivity contribution in [2.24, 2.45) is 0 Å². The van der Waals surface area contributed by atoms with Gasteiger partial charge in [0.1, 0.15) is 12.0 Å². The molecule has 1 heterocycles.